The quantitative estimate of drug-likeness (QED) is 0.836. The Balaban J connectivity index is 1.63. The maximum absolute atomic E-state index is 13.5. The summed E-state index contributed by atoms with van der Waals surface area (Å²) in [5, 5.41) is 0. The van der Waals surface area contributed by atoms with Crippen molar-refractivity contribution in [3.8, 4) is 0 Å². The Morgan fingerprint density at radius 3 is 2.78 bits per heavy atom. The summed E-state index contributed by atoms with van der Waals surface area (Å²) in [6.07, 6.45) is 4.99. The van der Waals surface area contributed by atoms with Crippen molar-refractivity contribution in [2.24, 2.45) is 13.0 Å². The highest BCUT2D eigenvalue weighted by Crippen LogP contribution is 2.47. The fraction of sp³-hybridized carbons (Fsp3) is 0.476. The predicted octanol–water partition coefficient (Wildman–Crippen LogP) is 2.60. The lowest BCUT2D eigenvalue weighted by molar-refractivity contribution is -0.122. The van der Waals surface area contributed by atoms with Gasteiger partial charge in [0.15, 0.2) is 0 Å². The van der Waals surface area contributed by atoms with E-state index in [-0.39, 0.29) is 11.8 Å². The lowest BCUT2D eigenvalue weighted by atomic mass is 9.81. The lowest BCUT2D eigenvalue weighted by Gasteiger charge is -2.24. The maximum Gasteiger partial charge on any atom is 0.274 e. The van der Waals surface area contributed by atoms with Crippen molar-refractivity contribution < 1.29 is 9.59 Å². The van der Waals surface area contributed by atoms with Gasteiger partial charge < -0.3 is 14.4 Å². The van der Waals surface area contributed by atoms with Gasteiger partial charge in [-0.25, -0.2) is 4.98 Å². The molecule has 6 heteroatoms. The first-order valence-corrected chi connectivity index (χ1v) is 9.61. The second kappa shape index (κ2) is 6.51. The Hall–Kier alpha value is -2.63. The van der Waals surface area contributed by atoms with Crippen molar-refractivity contribution in [1.82, 2.24) is 14.5 Å². The Kier molecular flexibility index (Phi) is 4.29. The van der Waals surface area contributed by atoms with Gasteiger partial charge in [-0.05, 0) is 30.4 Å². The molecule has 2 amide bonds. The van der Waals surface area contributed by atoms with Crippen LogP contribution < -0.4 is 4.90 Å². The normalized spacial score (nSPS) is 21.6. The molecule has 1 unspecified atom stereocenters. The summed E-state index contributed by atoms with van der Waals surface area (Å²) in [6.45, 7) is 6.07. The molecule has 4 rings (SSSR count). The Morgan fingerprint density at radius 1 is 1.30 bits per heavy atom. The van der Waals surface area contributed by atoms with Gasteiger partial charge >= 0.3 is 0 Å². The molecule has 0 saturated carbocycles. The molecule has 27 heavy (non-hydrogen) atoms. The van der Waals surface area contributed by atoms with Gasteiger partial charge in [0.25, 0.3) is 5.91 Å². The molecule has 1 saturated heterocycles. The molecule has 2 aliphatic rings. The van der Waals surface area contributed by atoms with Gasteiger partial charge in [-0.15, -0.1) is 0 Å². The van der Waals surface area contributed by atoms with Crippen LogP contribution in [0.25, 0.3) is 0 Å². The summed E-state index contributed by atoms with van der Waals surface area (Å²) in [7, 11) is 1.85. The van der Waals surface area contributed by atoms with E-state index in [0.29, 0.717) is 31.1 Å². The first-order chi connectivity index (χ1) is 12.9. The van der Waals surface area contributed by atoms with Crippen LogP contribution in [-0.4, -0.2) is 45.9 Å². The summed E-state index contributed by atoms with van der Waals surface area (Å²) in [5.74, 6) is 0.575. The third-order valence-corrected chi connectivity index (χ3v) is 5.78. The van der Waals surface area contributed by atoms with Gasteiger partial charge in [0.05, 0.1) is 11.7 Å². The molecule has 1 aromatic heterocycles. The number of aromatic nitrogens is 2. The number of hydrogen-bond donors (Lipinski definition) is 0. The predicted molar refractivity (Wildman–Crippen MR) is 104 cm³/mol. The number of amides is 2. The summed E-state index contributed by atoms with van der Waals surface area (Å²) in [4.78, 5) is 34.2. The molecule has 0 N–H and O–H groups in total. The van der Waals surface area contributed by atoms with Gasteiger partial charge in [-0.2, -0.15) is 0 Å². The highest BCUT2D eigenvalue weighted by molar-refractivity contribution is 6.09. The van der Waals surface area contributed by atoms with E-state index in [0.717, 1.165) is 24.2 Å². The van der Waals surface area contributed by atoms with Crippen LogP contribution in [0, 0.1) is 5.92 Å². The van der Waals surface area contributed by atoms with Crippen LogP contribution in [0.15, 0.2) is 36.8 Å². The molecular weight excluding hydrogens is 340 g/mol. The fourth-order valence-electron chi connectivity index (χ4n) is 4.27. The number of hydrogen-bond acceptors (Lipinski definition) is 3. The molecule has 0 aliphatic carbocycles. The molecule has 3 heterocycles. The van der Waals surface area contributed by atoms with E-state index in [9.17, 15) is 9.59 Å². The number of benzene rings is 1. The molecule has 1 fully saturated rings. The number of anilines is 1. The molecule has 2 aromatic rings. The van der Waals surface area contributed by atoms with E-state index >= 15 is 0 Å². The monoisotopic (exact) mass is 366 g/mol. The average Bonchev–Trinajstić information content (AvgIpc) is 3.33. The van der Waals surface area contributed by atoms with Crippen LogP contribution >= 0.6 is 0 Å². The topological polar surface area (TPSA) is 58.4 Å². The maximum atomic E-state index is 13.5. The van der Waals surface area contributed by atoms with E-state index in [1.807, 2.05) is 30.1 Å². The molecule has 6 nitrogen and oxygen atoms in total. The van der Waals surface area contributed by atoms with Crippen molar-refractivity contribution in [2.75, 3.05) is 24.5 Å². The van der Waals surface area contributed by atoms with Crippen LogP contribution in [0.5, 0.6) is 0 Å². The van der Waals surface area contributed by atoms with Gasteiger partial charge in [0.1, 0.15) is 5.69 Å². The molecule has 1 spiro atoms. The largest absolute Gasteiger partial charge is 0.340 e. The summed E-state index contributed by atoms with van der Waals surface area (Å²) >= 11 is 0. The number of nitrogens with zero attached hydrogens (tertiary/aromatic N) is 4. The summed E-state index contributed by atoms with van der Waals surface area (Å²) < 4.78 is 1.77. The minimum absolute atomic E-state index is 0.0987. The molecular formula is C21H26N4O2. The first-order valence-electron chi connectivity index (χ1n) is 9.61. The Bertz CT molecular complexity index is 888. The third kappa shape index (κ3) is 2.83. The number of rotatable bonds is 4. The number of likely N-dealkylation sites (tertiary alicyclic amines) is 1. The van der Waals surface area contributed by atoms with E-state index in [2.05, 4.69) is 24.9 Å². The smallest absolute Gasteiger partial charge is 0.274 e. The standard InChI is InChI=1S/C21H26N4O2/c1-15(2)8-10-25-18-7-5-4-6-16(18)21(20(25)27)9-11-24(13-21)19(26)17-12-23(3)14-22-17/h4-7,12,14-15H,8-11,13H2,1-3H3. The lowest BCUT2D eigenvalue weighted by Crippen LogP contribution is -2.43. The number of aryl methyl sites for hydroxylation is 1. The molecule has 0 radical (unpaired) electrons. The Labute approximate surface area is 159 Å². The van der Waals surface area contributed by atoms with E-state index < -0.39 is 5.41 Å². The second-order valence-corrected chi connectivity index (χ2v) is 8.14. The number of carbonyl (C=O) groups excluding carboxylic acids is 2. The van der Waals surface area contributed by atoms with Crippen LogP contribution in [0.2, 0.25) is 0 Å². The molecule has 142 valence electrons. The van der Waals surface area contributed by atoms with Crippen molar-refractivity contribution in [2.45, 2.75) is 32.1 Å². The number of para-hydroxylation sites is 1. The summed E-state index contributed by atoms with van der Waals surface area (Å²) in [5.41, 5.74) is 1.90. The molecule has 1 aromatic carbocycles. The van der Waals surface area contributed by atoms with Gasteiger partial charge in [0.2, 0.25) is 5.91 Å². The molecule has 2 aliphatic heterocycles. The average molecular weight is 366 g/mol. The number of fused-ring (bicyclic) bond motifs is 2. The zero-order chi connectivity index (χ0) is 19.2. The van der Waals surface area contributed by atoms with Crippen molar-refractivity contribution in [1.29, 1.82) is 0 Å². The highest BCUT2D eigenvalue weighted by atomic mass is 16.2. The van der Waals surface area contributed by atoms with Crippen LogP contribution in [0.1, 0.15) is 42.7 Å². The van der Waals surface area contributed by atoms with Crippen LogP contribution in [0.4, 0.5) is 5.69 Å². The SMILES string of the molecule is CC(C)CCN1C(=O)C2(CCN(C(=O)c3cn(C)cn3)C2)c2ccccc21. The first kappa shape index (κ1) is 17.8. The van der Waals surface area contributed by atoms with E-state index in [4.69, 9.17) is 0 Å². The molecule has 1 atom stereocenters. The van der Waals surface area contributed by atoms with Crippen molar-refractivity contribution in [3.63, 3.8) is 0 Å². The highest BCUT2D eigenvalue weighted by Gasteiger charge is 2.55. The second-order valence-electron chi connectivity index (χ2n) is 8.14. The Morgan fingerprint density at radius 2 is 2.07 bits per heavy atom. The zero-order valence-corrected chi connectivity index (χ0v) is 16.2. The minimum atomic E-state index is -0.613. The number of imidazole rings is 1. The van der Waals surface area contributed by atoms with Crippen LogP contribution in [-0.2, 0) is 17.3 Å². The van der Waals surface area contributed by atoms with Crippen molar-refractivity contribution >= 4 is 17.5 Å². The van der Waals surface area contributed by atoms with Crippen LogP contribution in [0.3, 0.4) is 0 Å². The minimum Gasteiger partial charge on any atom is -0.340 e. The third-order valence-electron chi connectivity index (χ3n) is 5.78. The van der Waals surface area contributed by atoms with E-state index in [1.165, 1.54) is 0 Å². The molecule has 0 bridgehead atoms. The number of carbonyl (C=O) groups is 2. The van der Waals surface area contributed by atoms with Gasteiger partial charge in [-0.1, -0.05) is 32.0 Å². The van der Waals surface area contributed by atoms with Gasteiger partial charge in [0, 0.05) is 38.6 Å². The van der Waals surface area contributed by atoms with E-state index in [1.54, 1.807) is 22.0 Å². The fourth-order valence-corrected chi connectivity index (χ4v) is 4.27. The zero-order valence-electron chi connectivity index (χ0n) is 16.2. The summed E-state index contributed by atoms with van der Waals surface area (Å²) in [6, 6.07) is 8.06. The van der Waals surface area contributed by atoms with Gasteiger partial charge in [-0.3, -0.25) is 9.59 Å². The van der Waals surface area contributed by atoms with Crippen molar-refractivity contribution in [3.05, 3.63) is 48.0 Å².